The minimum Gasteiger partial charge on any atom is -0.443 e. The number of aliphatic hydroxyl groups excluding tert-OH is 4. The maximum atomic E-state index is 13.1. The van der Waals surface area contributed by atoms with E-state index in [9.17, 15) is 30.0 Å². The van der Waals surface area contributed by atoms with Crippen LogP contribution in [0.3, 0.4) is 0 Å². The van der Waals surface area contributed by atoms with Gasteiger partial charge in [-0.1, -0.05) is 35.9 Å². The third-order valence-electron chi connectivity index (χ3n) is 6.28. The van der Waals surface area contributed by atoms with Crippen molar-refractivity contribution in [3.63, 3.8) is 0 Å². The highest BCUT2D eigenvalue weighted by Crippen LogP contribution is 2.29. The van der Waals surface area contributed by atoms with Crippen LogP contribution in [0.4, 0.5) is 4.79 Å². The molecule has 0 unspecified atom stereocenters. The molecule has 4 N–H and O–H groups in total. The number of ether oxygens (including phenoxy) is 2. The van der Waals surface area contributed by atoms with Crippen LogP contribution in [-0.4, -0.2) is 81.0 Å². The maximum absolute atomic E-state index is 13.1. The first kappa shape index (κ1) is 26.8. The molecule has 1 fully saturated rings. The Morgan fingerprint density at radius 2 is 1.71 bits per heavy atom. The number of hydrogen-bond acceptors (Lipinski definition) is 8. The number of rotatable bonds is 10. The Bertz CT molecular complexity index is 1000. The average Bonchev–Trinajstić information content (AvgIpc) is 3.17. The lowest BCUT2D eigenvalue weighted by atomic mass is 9.94. The Morgan fingerprint density at radius 1 is 1.09 bits per heavy atom. The van der Waals surface area contributed by atoms with E-state index >= 15 is 0 Å². The molecule has 3 rings (SSSR count). The van der Waals surface area contributed by atoms with Gasteiger partial charge in [-0.05, 0) is 49.6 Å². The van der Waals surface area contributed by atoms with Gasteiger partial charge >= 0.3 is 6.09 Å². The molecule has 0 bridgehead atoms. The SMILES string of the molecule is Cc1cc(C)c(COCC[C@@H]2OC(=O)N(C(=O)c3ccccc3)[C@H]2[C@@H](O)[C@H](O)[C@H](O)CO)c(C)c1. The van der Waals surface area contributed by atoms with E-state index in [1.807, 2.05) is 20.8 Å². The van der Waals surface area contributed by atoms with Crippen LogP contribution in [0, 0.1) is 20.8 Å². The molecule has 35 heavy (non-hydrogen) atoms. The number of aryl methyl sites for hydroxylation is 3. The molecule has 0 radical (unpaired) electrons. The number of amides is 2. The molecule has 0 spiro atoms. The van der Waals surface area contributed by atoms with E-state index in [-0.39, 0.29) is 18.6 Å². The van der Waals surface area contributed by atoms with Crippen molar-refractivity contribution in [3.05, 3.63) is 70.3 Å². The summed E-state index contributed by atoms with van der Waals surface area (Å²) in [6, 6.07) is 10.8. The summed E-state index contributed by atoms with van der Waals surface area (Å²) >= 11 is 0. The number of hydrogen-bond donors (Lipinski definition) is 4. The van der Waals surface area contributed by atoms with Gasteiger partial charge in [0.2, 0.25) is 0 Å². The molecular weight excluding hydrogens is 454 g/mol. The summed E-state index contributed by atoms with van der Waals surface area (Å²) in [4.78, 5) is 26.5. The van der Waals surface area contributed by atoms with Crippen molar-refractivity contribution >= 4 is 12.0 Å². The zero-order valence-corrected chi connectivity index (χ0v) is 20.1. The summed E-state index contributed by atoms with van der Waals surface area (Å²) < 4.78 is 11.2. The van der Waals surface area contributed by atoms with Crippen molar-refractivity contribution in [2.45, 2.75) is 64.3 Å². The second kappa shape index (κ2) is 11.7. The van der Waals surface area contributed by atoms with E-state index in [2.05, 4.69) is 12.1 Å². The van der Waals surface area contributed by atoms with Crippen LogP contribution in [0.1, 0.15) is 39.0 Å². The molecule has 1 aliphatic rings. The topological polar surface area (TPSA) is 137 Å². The standard InChI is InChI=1S/C26H33NO8/c1-15-11-16(2)19(17(3)12-15)14-34-10-9-21-22(24(31)23(30)20(29)13-28)27(26(33)35-21)25(32)18-7-5-4-6-8-18/h4-8,11-12,20-24,28-31H,9-10,13-14H2,1-3H3/t20-,21+,22-,23-,24-/m1/s1. The van der Waals surface area contributed by atoms with Crippen molar-refractivity contribution < 1.29 is 39.5 Å². The lowest BCUT2D eigenvalue weighted by Crippen LogP contribution is -2.55. The van der Waals surface area contributed by atoms with Crippen LogP contribution in [0.2, 0.25) is 0 Å². The molecule has 2 aromatic carbocycles. The number of carbonyl (C=O) groups excluding carboxylic acids is 2. The molecule has 5 atom stereocenters. The average molecular weight is 488 g/mol. The molecule has 190 valence electrons. The third-order valence-corrected chi connectivity index (χ3v) is 6.28. The van der Waals surface area contributed by atoms with E-state index in [0.29, 0.717) is 6.61 Å². The Hall–Kier alpha value is -2.82. The van der Waals surface area contributed by atoms with Crippen molar-refractivity contribution in [3.8, 4) is 0 Å². The van der Waals surface area contributed by atoms with Crippen molar-refractivity contribution in [1.29, 1.82) is 0 Å². The van der Waals surface area contributed by atoms with Gasteiger partial charge in [0.05, 0.1) is 19.8 Å². The first-order valence-electron chi connectivity index (χ1n) is 11.5. The monoisotopic (exact) mass is 487 g/mol. The highest BCUT2D eigenvalue weighted by Gasteiger charge is 2.51. The third kappa shape index (κ3) is 6.06. The summed E-state index contributed by atoms with van der Waals surface area (Å²) in [6.45, 7) is 5.71. The van der Waals surface area contributed by atoms with Gasteiger partial charge in [0.25, 0.3) is 5.91 Å². The molecule has 9 nitrogen and oxygen atoms in total. The van der Waals surface area contributed by atoms with Crippen molar-refractivity contribution in [2.24, 2.45) is 0 Å². The lowest BCUT2D eigenvalue weighted by molar-refractivity contribution is -0.100. The summed E-state index contributed by atoms with van der Waals surface area (Å²) in [6.07, 6.45) is -7.07. The first-order valence-corrected chi connectivity index (χ1v) is 11.5. The largest absolute Gasteiger partial charge is 0.443 e. The number of benzene rings is 2. The van der Waals surface area contributed by atoms with Gasteiger partial charge in [-0.15, -0.1) is 0 Å². The number of carbonyl (C=O) groups is 2. The predicted octanol–water partition coefficient (Wildman–Crippen LogP) is 1.62. The van der Waals surface area contributed by atoms with Crippen LogP contribution in [0.5, 0.6) is 0 Å². The van der Waals surface area contributed by atoms with Crippen LogP contribution in [0.25, 0.3) is 0 Å². The van der Waals surface area contributed by atoms with Gasteiger partial charge in [-0.3, -0.25) is 4.79 Å². The van der Waals surface area contributed by atoms with E-state index in [0.717, 1.165) is 27.2 Å². The minimum absolute atomic E-state index is 0.137. The lowest BCUT2D eigenvalue weighted by Gasteiger charge is -2.32. The van der Waals surface area contributed by atoms with Crippen LogP contribution in [-0.2, 0) is 16.1 Å². The highest BCUT2D eigenvalue weighted by molar-refractivity contribution is 6.04. The van der Waals surface area contributed by atoms with Gasteiger partial charge in [-0.2, -0.15) is 0 Å². The summed E-state index contributed by atoms with van der Waals surface area (Å²) in [5, 5.41) is 40.2. The molecule has 1 aliphatic heterocycles. The molecule has 0 saturated carbocycles. The predicted molar refractivity (Wildman–Crippen MR) is 127 cm³/mol. The molecule has 2 amide bonds. The molecular formula is C26H33NO8. The van der Waals surface area contributed by atoms with Gasteiger partial charge in [0, 0.05) is 12.0 Å². The van der Waals surface area contributed by atoms with Crippen molar-refractivity contribution in [2.75, 3.05) is 13.2 Å². The number of imide groups is 1. The Kier molecular flexibility index (Phi) is 8.98. The number of aliphatic hydroxyl groups is 4. The zero-order chi connectivity index (χ0) is 25.7. The minimum atomic E-state index is -1.81. The highest BCUT2D eigenvalue weighted by atomic mass is 16.6. The fourth-order valence-electron chi connectivity index (χ4n) is 4.43. The normalized spacial score (nSPS) is 20.4. The second-order valence-corrected chi connectivity index (χ2v) is 8.90. The fraction of sp³-hybridized carbons (Fsp3) is 0.462. The summed E-state index contributed by atoms with van der Waals surface area (Å²) in [7, 11) is 0. The van der Waals surface area contributed by atoms with E-state index in [1.54, 1.807) is 18.2 Å². The molecule has 1 saturated heterocycles. The second-order valence-electron chi connectivity index (χ2n) is 8.90. The van der Waals surface area contributed by atoms with Gasteiger partial charge in [-0.25, -0.2) is 9.69 Å². The maximum Gasteiger partial charge on any atom is 0.417 e. The fourth-order valence-corrected chi connectivity index (χ4v) is 4.43. The van der Waals surface area contributed by atoms with Crippen LogP contribution < -0.4 is 0 Å². The van der Waals surface area contributed by atoms with Gasteiger partial charge < -0.3 is 29.9 Å². The van der Waals surface area contributed by atoms with Crippen LogP contribution in [0.15, 0.2) is 42.5 Å². The Labute approximate surface area is 204 Å². The molecule has 0 aliphatic carbocycles. The molecule has 9 heteroatoms. The van der Waals surface area contributed by atoms with Gasteiger partial charge in [0.1, 0.15) is 30.5 Å². The van der Waals surface area contributed by atoms with Crippen LogP contribution >= 0.6 is 0 Å². The van der Waals surface area contributed by atoms with Gasteiger partial charge in [0.15, 0.2) is 0 Å². The van der Waals surface area contributed by atoms with E-state index in [1.165, 1.54) is 12.1 Å². The number of cyclic esters (lactones) is 1. The quantitative estimate of drug-likeness (QED) is 0.371. The molecule has 0 aromatic heterocycles. The summed E-state index contributed by atoms with van der Waals surface area (Å²) in [5.74, 6) is -0.709. The number of nitrogens with zero attached hydrogens (tertiary/aromatic N) is 1. The molecule has 2 aromatic rings. The Balaban J connectivity index is 1.76. The zero-order valence-electron chi connectivity index (χ0n) is 20.1. The molecule has 1 heterocycles. The summed E-state index contributed by atoms with van der Waals surface area (Å²) in [5.41, 5.74) is 4.61. The Morgan fingerprint density at radius 3 is 2.31 bits per heavy atom. The smallest absolute Gasteiger partial charge is 0.417 e. The first-order chi connectivity index (χ1) is 16.6. The van der Waals surface area contributed by atoms with E-state index in [4.69, 9.17) is 9.47 Å². The van der Waals surface area contributed by atoms with Crippen molar-refractivity contribution in [1.82, 2.24) is 4.90 Å². The van der Waals surface area contributed by atoms with E-state index < -0.39 is 49.1 Å².